The van der Waals surface area contributed by atoms with Crippen molar-refractivity contribution in [3.63, 3.8) is 0 Å². The van der Waals surface area contributed by atoms with Crippen LogP contribution in [0.25, 0.3) is 0 Å². The lowest BCUT2D eigenvalue weighted by Crippen LogP contribution is -2.64. The normalized spacial score (nSPS) is 24.6. The van der Waals surface area contributed by atoms with Crippen LogP contribution in [0, 0.1) is 5.92 Å². The van der Waals surface area contributed by atoms with E-state index in [9.17, 15) is 108 Å². The Bertz CT molecular complexity index is 2950. The lowest BCUT2D eigenvalue weighted by molar-refractivity contribution is -0.272. The third kappa shape index (κ3) is 42.4. The monoisotopic (exact) mass is 1710 g/mol. The SMILES string of the molecule is CC(=O)NC1C(OCCOCCNC(=O)CC[C@H](NC(=O)CC[C@H](NC(=O)CCCC(=O)NCCCCCCCCCCCC(=O)NCCCCC(CO)COP(=O)(O)C(C)(C)C)C(=O)NCCOCCOC2OC(CO)C(O)C(O)C2NC(C)=O)C(=O)NCCOCCOC2OC(CO)C(O)C(O)C2NC(C)=O)OC(CO)C(O)C1O. The van der Waals surface area contributed by atoms with E-state index in [4.69, 9.17) is 47.2 Å². The number of amides is 10. The zero-order valence-electron chi connectivity index (χ0n) is 68.4. The van der Waals surface area contributed by atoms with E-state index in [0.717, 1.165) is 64.2 Å². The second kappa shape index (κ2) is 58.9. The maximum atomic E-state index is 13.9. The number of carbonyl (C=O) groups excluding carboxylic acids is 10. The first-order chi connectivity index (χ1) is 55.7. The van der Waals surface area contributed by atoms with Crippen LogP contribution >= 0.6 is 7.60 Å². The molecule has 10 amide bonds. The highest BCUT2D eigenvalue weighted by Gasteiger charge is 2.48. The summed E-state index contributed by atoms with van der Waals surface area (Å²) < 4.78 is 68.0. The van der Waals surface area contributed by atoms with Crippen LogP contribution in [-0.4, -0.2) is 349 Å². The van der Waals surface area contributed by atoms with E-state index in [-0.39, 0.29) is 149 Å². The first-order valence-corrected chi connectivity index (χ1v) is 42.1. The van der Waals surface area contributed by atoms with Crippen LogP contribution in [0.2, 0.25) is 0 Å². The maximum absolute atomic E-state index is 13.9. The molecule has 3 fully saturated rings. The summed E-state index contributed by atoms with van der Waals surface area (Å²) in [6, 6.07) is -6.33. The molecular weight excluding hydrogens is 1570 g/mol. The first kappa shape index (κ1) is 105. The van der Waals surface area contributed by atoms with E-state index < -0.39 is 190 Å². The number of ether oxygens (including phenoxy) is 9. The highest BCUT2D eigenvalue weighted by Crippen LogP contribution is 2.55. The van der Waals surface area contributed by atoms with Gasteiger partial charge in [0.05, 0.1) is 91.0 Å². The molecule has 0 aromatic rings. The molecule has 3 heterocycles. The first-order valence-electron chi connectivity index (χ1n) is 40.5. The van der Waals surface area contributed by atoms with Gasteiger partial charge in [-0.2, -0.15) is 0 Å². The Balaban J connectivity index is 1.56. The largest absolute Gasteiger partial charge is 0.396 e. The highest BCUT2D eigenvalue weighted by atomic mass is 31.2. The van der Waals surface area contributed by atoms with Crippen molar-refractivity contribution in [3.8, 4) is 0 Å². The summed E-state index contributed by atoms with van der Waals surface area (Å²) in [6.45, 7) is 5.70. The number of hydrogen-bond acceptors (Lipinski definition) is 31. The number of aliphatic hydroxyl groups excluding tert-OH is 10. The van der Waals surface area contributed by atoms with Crippen LogP contribution < -0.4 is 53.2 Å². The van der Waals surface area contributed by atoms with Crippen molar-refractivity contribution < 1.29 is 156 Å². The minimum Gasteiger partial charge on any atom is -0.396 e. The number of hydrogen-bond donors (Lipinski definition) is 21. The van der Waals surface area contributed by atoms with E-state index in [1.54, 1.807) is 20.8 Å². The van der Waals surface area contributed by atoms with E-state index in [2.05, 4.69) is 53.2 Å². The predicted molar refractivity (Wildman–Crippen MR) is 414 cm³/mol. The fourth-order valence-electron chi connectivity index (χ4n) is 12.4. The van der Waals surface area contributed by atoms with Crippen molar-refractivity contribution in [3.05, 3.63) is 0 Å². The van der Waals surface area contributed by atoms with Gasteiger partial charge in [-0.15, -0.1) is 0 Å². The zero-order valence-corrected chi connectivity index (χ0v) is 69.3. The van der Waals surface area contributed by atoms with Gasteiger partial charge in [-0.3, -0.25) is 52.5 Å². The van der Waals surface area contributed by atoms with Gasteiger partial charge < -0.3 is 156 Å². The summed E-state index contributed by atoms with van der Waals surface area (Å²) in [5.74, 6) is -5.72. The number of unbranched alkanes of at least 4 members (excludes halogenated alkanes) is 9. The van der Waals surface area contributed by atoms with Crippen LogP contribution in [0.15, 0.2) is 0 Å². The van der Waals surface area contributed by atoms with Crippen molar-refractivity contribution in [2.75, 3.05) is 125 Å². The van der Waals surface area contributed by atoms with Crippen molar-refractivity contribution in [1.29, 1.82) is 0 Å². The number of rotatable bonds is 62. The average Bonchev–Trinajstić information content (AvgIpc) is 0.811. The number of nitrogens with one attached hydrogen (secondary N) is 10. The molecule has 0 spiro atoms. The summed E-state index contributed by atoms with van der Waals surface area (Å²) in [7, 11) is -3.82. The van der Waals surface area contributed by atoms with Gasteiger partial charge in [-0.1, -0.05) is 51.4 Å². The Morgan fingerprint density at radius 1 is 0.385 bits per heavy atom. The van der Waals surface area contributed by atoms with Gasteiger partial charge in [0.25, 0.3) is 0 Å². The maximum Gasteiger partial charge on any atom is 0.333 e. The lowest BCUT2D eigenvalue weighted by Gasteiger charge is -2.42. The molecule has 3 aliphatic rings. The molecule has 0 saturated carbocycles. The fraction of sp³-hybridized carbons (Fsp3) is 0.865. The minimum absolute atomic E-state index is 0.0126. The molecule has 0 aliphatic carbocycles. The molecule has 43 heteroatoms. The van der Waals surface area contributed by atoms with E-state index in [1.165, 1.54) is 20.8 Å². The smallest absolute Gasteiger partial charge is 0.333 e. The van der Waals surface area contributed by atoms with Gasteiger partial charge >= 0.3 is 7.60 Å². The predicted octanol–water partition coefficient (Wildman–Crippen LogP) is -5.12. The van der Waals surface area contributed by atoms with Crippen molar-refractivity contribution in [2.45, 2.75) is 279 Å². The molecule has 3 rings (SSSR count). The molecule has 3 aliphatic heterocycles. The number of aliphatic hydroxyl groups is 10. The van der Waals surface area contributed by atoms with Crippen molar-refractivity contribution >= 4 is 66.7 Å². The Labute approximate surface area is 683 Å². The van der Waals surface area contributed by atoms with E-state index in [1.807, 2.05) is 0 Å². The summed E-state index contributed by atoms with van der Waals surface area (Å²) in [6.07, 6.45) is -7.44. The fourth-order valence-corrected chi connectivity index (χ4v) is 13.2. The molecule has 0 aromatic heterocycles. The Morgan fingerprint density at radius 2 is 0.709 bits per heavy atom. The van der Waals surface area contributed by atoms with Crippen molar-refractivity contribution in [2.24, 2.45) is 5.92 Å². The van der Waals surface area contributed by atoms with Crippen LogP contribution in [0.1, 0.15) is 170 Å². The highest BCUT2D eigenvalue weighted by molar-refractivity contribution is 7.54. The Kier molecular flexibility index (Phi) is 53.0. The quantitative estimate of drug-likeness (QED) is 0.0200. The Hall–Kier alpha value is -5.91. The molecule has 0 aromatic carbocycles. The van der Waals surface area contributed by atoms with Crippen molar-refractivity contribution in [1.82, 2.24) is 53.2 Å². The van der Waals surface area contributed by atoms with Gasteiger partial charge in [-0.25, -0.2) is 0 Å². The summed E-state index contributed by atoms with van der Waals surface area (Å²) in [4.78, 5) is 139. The molecule has 21 N–H and O–H groups in total. The van der Waals surface area contributed by atoms with Crippen LogP contribution in [0.4, 0.5) is 0 Å². The Morgan fingerprint density at radius 3 is 1.09 bits per heavy atom. The number of carbonyl (C=O) groups is 10. The van der Waals surface area contributed by atoms with E-state index >= 15 is 0 Å². The third-order valence-electron chi connectivity index (χ3n) is 19.2. The molecule has 3 saturated heterocycles. The molecule has 0 bridgehead atoms. The standard InChI is InChI=1S/C74H135N10O32P/c1-46(89)80-60-66(100)63(97)52(42-86)114-71(60)110-38-35-107-32-29-77-57(94)25-23-50(69(103)78-30-33-108-36-39-111-72-61(81-47(2)90)67(101)64(98)53(43-87)115-72)84-59(96)26-24-51(70(104)79-31-34-109-37-40-112-73-62(82-48(3)91)68(102)65(99)54(44-88)116-73)83-58(95)22-18-21-56(93)75-27-16-13-11-9-7-8-10-12-14-20-55(92)76-28-17-15-19-49(41-85)45-113-117(105,106)74(4,5)6/h49-54,60-68,71-73,85-88,97-102H,7-45H2,1-6H3,(H,75,93)(H,76,92)(H,77,94)(H,78,103)(H,79,104)(H,80,89)(H,81,90)(H,82,91)(H,83,95)(H,84,96)(H,105,106)/t49?,50-,51-,52?,53?,54?,60?,61?,62?,63?,64?,65?,66?,67?,68?,71?,72?,73?/m0/s1. The molecule has 117 heavy (non-hydrogen) atoms. The molecule has 19 atom stereocenters. The summed E-state index contributed by atoms with van der Waals surface area (Å²) >= 11 is 0. The van der Waals surface area contributed by atoms with Crippen LogP contribution in [0.3, 0.4) is 0 Å². The van der Waals surface area contributed by atoms with Gasteiger partial charge in [0, 0.05) is 98.1 Å². The molecular formula is C74H135N10O32P. The van der Waals surface area contributed by atoms with Gasteiger partial charge in [0.1, 0.15) is 85.1 Å². The third-order valence-corrected chi connectivity index (χ3v) is 21.4. The summed E-state index contributed by atoms with van der Waals surface area (Å²) in [5.41, 5.74) is 0. The second-order valence-electron chi connectivity index (χ2n) is 30.0. The lowest BCUT2D eigenvalue weighted by atomic mass is 9.97. The zero-order chi connectivity index (χ0) is 86.9. The minimum atomic E-state index is -3.82. The topological polar surface area (TPSA) is 623 Å². The van der Waals surface area contributed by atoms with E-state index in [0.29, 0.717) is 32.4 Å². The molecule has 678 valence electrons. The average molecular weight is 1710 g/mol. The van der Waals surface area contributed by atoms with Gasteiger partial charge in [0.15, 0.2) is 18.9 Å². The van der Waals surface area contributed by atoms with Crippen LogP contribution in [0.5, 0.6) is 0 Å². The summed E-state index contributed by atoms with van der Waals surface area (Å²) in [5, 5.41) is 127. The van der Waals surface area contributed by atoms with Crippen LogP contribution in [-0.2, 0) is 99.7 Å². The van der Waals surface area contributed by atoms with Gasteiger partial charge in [0.2, 0.25) is 59.1 Å². The molecule has 17 unspecified atom stereocenters. The van der Waals surface area contributed by atoms with Gasteiger partial charge in [-0.05, 0) is 65.7 Å². The molecule has 42 nitrogen and oxygen atoms in total. The second-order valence-corrected chi connectivity index (χ2v) is 32.7. The molecule has 0 radical (unpaired) electrons.